The number of rotatable bonds is 3. The molecule has 0 saturated carbocycles. The average molecular weight is 268 g/mol. The summed E-state index contributed by atoms with van der Waals surface area (Å²) in [5.74, 6) is -0.107. The van der Waals surface area contributed by atoms with E-state index in [0.29, 0.717) is 0 Å². The van der Waals surface area contributed by atoms with E-state index in [2.05, 4.69) is 37.3 Å². The van der Waals surface area contributed by atoms with Crippen LogP contribution in [0.4, 0.5) is 0 Å². The van der Waals surface area contributed by atoms with Crippen molar-refractivity contribution in [2.45, 2.75) is 35.5 Å². The Hall–Kier alpha value is -1.54. The van der Waals surface area contributed by atoms with Gasteiger partial charge in [0.1, 0.15) is 6.29 Å². The fourth-order valence-corrected chi connectivity index (χ4v) is 3.78. The second-order valence-electron chi connectivity index (χ2n) is 4.88. The lowest BCUT2D eigenvalue weighted by Crippen LogP contribution is -2.10. The van der Waals surface area contributed by atoms with Gasteiger partial charge in [0.2, 0.25) is 0 Å². The standard InChI is InChI=1S/C17H16OS/c1-2-5-12-8-9-17-14(10-12)15(11-18)13-6-3-4-7-16(13)19-17/h3-4,6-11,15H,2,5H2,1H3. The Morgan fingerprint density at radius 1 is 1.11 bits per heavy atom. The summed E-state index contributed by atoms with van der Waals surface area (Å²) in [6, 6.07) is 14.8. The van der Waals surface area contributed by atoms with Crippen molar-refractivity contribution in [2.24, 2.45) is 0 Å². The van der Waals surface area contributed by atoms with E-state index in [9.17, 15) is 4.79 Å². The topological polar surface area (TPSA) is 17.1 Å². The number of carbonyl (C=O) groups is 1. The molecule has 1 aliphatic heterocycles. The van der Waals surface area contributed by atoms with Crippen LogP contribution in [0.2, 0.25) is 0 Å². The Bertz CT molecular complexity index is 618. The summed E-state index contributed by atoms with van der Waals surface area (Å²) in [6.45, 7) is 2.18. The maximum absolute atomic E-state index is 11.5. The molecule has 0 saturated heterocycles. The maximum atomic E-state index is 11.5. The molecule has 19 heavy (non-hydrogen) atoms. The first-order chi connectivity index (χ1) is 9.33. The van der Waals surface area contributed by atoms with Crippen molar-refractivity contribution in [1.29, 1.82) is 0 Å². The van der Waals surface area contributed by atoms with Crippen LogP contribution in [-0.4, -0.2) is 6.29 Å². The number of aryl methyl sites for hydroxylation is 1. The third kappa shape index (κ3) is 2.21. The van der Waals surface area contributed by atoms with Crippen molar-refractivity contribution in [3.05, 3.63) is 59.2 Å². The second kappa shape index (κ2) is 5.22. The molecule has 0 aliphatic carbocycles. The highest BCUT2D eigenvalue weighted by molar-refractivity contribution is 7.99. The van der Waals surface area contributed by atoms with Gasteiger partial charge in [-0.1, -0.05) is 55.4 Å². The highest BCUT2D eigenvalue weighted by atomic mass is 32.2. The van der Waals surface area contributed by atoms with Crippen LogP contribution in [0.15, 0.2) is 52.3 Å². The molecule has 0 amide bonds. The van der Waals surface area contributed by atoms with Crippen molar-refractivity contribution >= 4 is 18.0 Å². The van der Waals surface area contributed by atoms with Crippen LogP contribution in [0.1, 0.15) is 36.0 Å². The molecule has 0 radical (unpaired) electrons. The van der Waals surface area contributed by atoms with Crippen molar-refractivity contribution < 1.29 is 4.79 Å². The predicted octanol–water partition coefficient (Wildman–Crippen LogP) is 4.43. The average Bonchev–Trinajstić information content (AvgIpc) is 2.45. The zero-order valence-electron chi connectivity index (χ0n) is 10.9. The number of aldehydes is 1. The summed E-state index contributed by atoms with van der Waals surface area (Å²) in [6.07, 6.45) is 3.28. The lowest BCUT2D eigenvalue weighted by atomic mass is 9.90. The molecule has 1 aliphatic rings. The zero-order valence-corrected chi connectivity index (χ0v) is 11.7. The van der Waals surface area contributed by atoms with Gasteiger partial charge in [-0.05, 0) is 35.2 Å². The van der Waals surface area contributed by atoms with Gasteiger partial charge >= 0.3 is 0 Å². The van der Waals surface area contributed by atoms with Gasteiger partial charge in [-0.25, -0.2) is 0 Å². The molecule has 0 N–H and O–H groups in total. The molecule has 0 spiro atoms. The minimum Gasteiger partial charge on any atom is -0.302 e. The SMILES string of the molecule is CCCc1ccc2c(c1)C(C=O)c1ccccc1S2. The molecule has 0 aromatic heterocycles. The lowest BCUT2D eigenvalue weighted by molar-refractivity contribution is -0.108. The molecular weight excluding hydrogens is 252 g/mol. The second-order valence-corrected chi connectivity index (χ2v) is 5.96. The van der Waals surface area contributed by atoms with Crippen molar-refractivity contribution in [3.8, 4) is 0 Å². The first-order valence-corrected chi connectivity index (χ1v) is 7.50. The summed E-state index contributed by atoms with van der Waals surface area (Å²) < 4.78 is 0. The fraction of sp³-hybridized carbons (Fsp3) is 0.235. The molecule has 0 fully saturated rings. The third-order valence-electron chi connectivity index (χ3n) is 3.56. The van der Waals surface area contributed by atoms with Gasteiger partial charge in [0.15, 0.2) is 0 Å². The molecule has 2 heteroatoms. The third-order valence-corrected chi connectivity index (χ3v) is 4.74. The van der Waals surface area contributed by atoms with Gasteiger partial charge in [0.25, 0.3) is 0 Å². The van der Waals surface area contributed by atoms with Crippen LogP contribution in [0.3, 0.4) is 0 Å². The Labute approximate surface area is 118 Å². The largest absolute Gasteiger partial charge is 0.302 e. The quantitative estimate of drug-likeness (QED) is 0.766. The van der Waals surface area contributed by atoms with Gasteiger partial charge < -0.3 is 4.79 Å². The van der Waals surface area contributed by atoms with Crippen LogP contribution >= 0.6 is 11.8 Å². The summed E-state index contributed by atoms with van der Waals surface area (Å²) in [5.41, 5.74) is 3.64. The van der Waals surface area contributed by atoms with Gasteiger partial charge in [-0.2, -0.15) is 0 Å². The van der Waals surface area contributed by atoms with E-state index in [1.807, 2.05) is 12.1 Å². The number of hydrogen-bond acceptors (Lipinski definition) is 2. The van der Waals surface area contributed by atoms with E-state index >= 15 is 0 Å². The summed E-state index contributed by atoms with van der Waals surface area (Å²) >= 11 is 1.77. The molecule has 3 rings (SSSR count). The highest BCUT2D eigenvalue weighted by Crippen LogP contribution is 2.45. The number of benzene rings is 2. The molecule has 1 nitrogen and oxygen atoms in total. The molecular formula is C17H16OS. The molecule has 1 atom stereocenters. The van der Waals surface area contributed by atoms with Gasteiger partial charge in [0.05, 0.1) is 5.92 Å². The van der Waals surface area contributed by atoms with E-state index in [1.54, 1.807) is 11.8 Å². The van der Waals surface area contributed by atoms with Gasteiger partial charge in [0, 0.05) is 9.79 Å². The van der Waals surface area contributed by atoms with Crippen molar-refractivity contribution in [2.75, 3.05) is 0 Å². The van der Waals surface area contributed by atoms with E-state index in [4.69, 9.17) is 0 Å². The summed E-state index contributed by atoms with van der Waals surface area (Å²) in [5, 5.41) is 0. The molecule has 2 aromatic carbocycles. The minimum absolute atomic E-state index is 0.107. The zero-order chi connectivity index (χ0) is 13.2. The molecule has 0 bridgehead atoms. The van der Waals surface area contributed by atoms with Crippen LogP contribution in [0, 0.1) is 0 Å². The van der Waals surface area contributed by atoms with Crippen LogP contribution in [0.5, 0.6) is 0 Å². The fourth-order valence-electron chi connectivity index (χ4n) is 2.64. The summed E-state index contributed by atoms with van der Waals surface area (Å²) in [7, 11) is 0. The van der Waals surface area contributed by atoms with Gasteiger partial charge in [-0.3, -0.25) is 0 Å². The maximum Gasteiger partial charge on any atom is 0.131 e. The van der Waals surface area contributed by atoms with Crippen LogP contribution in [-0.2, 0) is 11.2 Å². The number of hydrogen-bond donors (Lipinski definition) is 0. The van der Waals surface area contributed by atoms with E-state index in [0.717, 1.165) is 24.7 Å². The van der Waals surface area contributed by atoms with Gasteiger partial charge in [-0.15, -0.1) is 0 Å². The Morgan fingerprint density at radius 3 is 2.68 bits per heavy atom. The number of carbonyl (C=O) groups excluding carboxylic acids is 1. The molecule has 1 unspecified atom stereocenters. The van der Waals surface area contributed by atoms with Crippen LogP contribution in [0.25, 0.3) is 0 Å². The minimum atomic E-state index is -0.107. The first kappa shape index (κ1) is 12.5. The Balaban J connectivity index is 2.10. The van der Waals surface area contributed by atoms with E-state index in [-0.39, 0.29) is 5.92 Å². The highest BCUT2D eigenvalue weighted by Gasteiger charge is 2.25. The first-order valence-electron chi connectivity index (χ1n) is 6.68. The monoisotopic (exact) mass is 268 g/mol. The van der Waals surface area contributed by atoms with E-state index in [1.165, 1.54) is 20.9 Å². The van der Waals surface area contributed by atoms with Crippen LogP contribution < -0.4 is 0 Å². The molecule has 1 heterocycles. The summed E-state index contributed by atoms with van der Waals surface area (Å²) in [4.78, 5) is 14.0. The normalized spacial score (nSPS) is 16.6. The Kier molecular flexibility index (Phi) is 3.43. The Morgan fingerprint density at radius 2 is 1.89 bits per heavy atom. The molecule has 2 aromatic rings. The van der Waals surface area contributed by atoms with Crippen molar-refractivity contribution in [1.82, 2.24) is 0 Å². The van der Waals surface area contributed by atoms with Crippen molar-refractivity contribution in [3.63, 3.8) is 0 Å². The predicted molar refractivity (Wildman–Crippen MR) is 78.9 cm³/mol. The number of fused-ring (bicyclic) bond motifs is 2. The smallest absolute Gasteiger partial charge is 0.131 e. The van der Waals surface area contributed by atoms with E-state index < -0.39 is 0 Å². The lowest BCUT2D eigenvalue weighted by Gasteiger charge is -2.24. The molecule has 96 valence electrons.